The number of hydrogen-bond acceptors (Lipinski definition) is 2. The van der Waals surface area contributed by atoms with Crippen molar-refractivity contribution in [3.63, 3.8) is 0 Å². The molecule has 0 radical (unpaired) electrons. The molecule has 2 heteroatoms. The fourth-order valence-electron chi connectivity index (χ4n) is 3.99. The zero-order valence-electron chi connectivity index (χ0n) is 12.1. The summed E-state index contributed by atoms with van der Waals surface area (Å²) in [4.78, 5) is 2.75. The van der Waals surface area contributed by atoms with E-state index in [1.807, 2.05) is 7.05 Å². The second-order valence-corrected chi connectivity index (χ2v) is 6.17. The van der Waals surface area contributed by atoms with Gasteiger partial charge in [0.05, 0.1) is 0 Å². The van der Waals surface area contributed by atoms with Crippen LogP contribution in [0.4, 0.5) is 0 Å². The van der Waals surface area contributed by atoms with Gasteiger partial charge < -0.3 is 5.32 Å². The van der Waals surface area contributed by atoms with E-state index >= 15 is 0 Å². The van der Waals surface area contributed by atoms with Gasteiger partial charge in [0, 0.05) is 19.1 Å². The van der Waals surface area contributed by atoms with Crippen molar-refractivity contribution in [1.29, 1.82) is 0 Å². The lowest BCUT2D eigenvalue weighted by Gasteiger charge is -2.32. The Bertz CT molecular complexity index is 415. The van der Waals surface area contributed by atoms with Crippen LogP contribution in [0.3, 0.4) is 0 Å². The first-order chi connectivity index (χ1) is 9.38. The van der Waals surface area contributed by atoms with Crippen molar-refractivity contribution in [2.45, 2.75) is 51.2 Å². The van der Waals surface area contributed by atoms with E-state index in [2.05, 4.69) is 34.5 Å². The lowest BCUT2D eigenvalue weighted by molar-refractivity contribution is 0.175. The molecule has 1 aliphatic carbocycles. The molecule has 2 aliphatic rings. The molecule has 1 aliphatic heterocycles. The molecule has 1 aromatic rings. The molecule has 1 N–H and O–H groups in total. The van der Waals surface area contributed by atoms with Gasteiger partial charge in [-0.1, -0.05) is 37.1 Å². The molecule has 2 fully saturated rings. The monoisotopic (exact) mass is 258 g/mol. The number of benzene rings is 1. The number of nitrogens with one attached hydrogen (secondary N) is 1. The van der Waals surface area contributed by atoms with Crippen molar-refractivity contribution in [3.8, 4) is 0 Å². The van der Waals surface area contributed by atoms with E-state index < -0.39 is 0 Å². The third-order valence-corrected chi connectivity index (χ3v) is 4.98. The number of hydrogen-bond donors (Lipinski definition) is 1. The van der Waals surface area contributed by atoms with Crippen molar-refractivity contribution in [1.82, 2.24) is 10.2 Å². The van der Waals surface area contributed by atoms with Crippen molar-refractivity contribution in [2.75, 3.05) is 13.6 Å². The molecular formula is C17H26N2. The standard InChI is InChI=1S/C17H26N2/c1-18-12-15-7-2-3-8-16(15)13-19-11-10-14-6-4-5-9-17(14)19/h2-3,7-8,14,17-18H,4-6,9-13H2,1H3. The normalized spacial score (nSPS) is 27.4. The zero-order chi connectivity index (χ0) is 13.1. The summed E-state index contributed by atoms with van der Waals surface area (Å²) < 4.78 is 0. The second kappa shape index (κ2) is 6.06. The Morgan fingerprint density at radius 1 is 1.11 bits per heavy atom. The predicted octanol–water partition coefficient (Wildman–Crippen LogP) is 3.17. The molecule has 2 atom stereocenters. The molecule has 1 heterocycles. The maximum absolute atomic E-state index is 3.29. The summed E-state index contributed by atoms with van der Waals surface area (Å²) in [6.07, 6.45) is 7.23. The first-order valence-corrected chi connectivity index (χ1v) is 7.84. The Balaban J connectivity index is 1.71. The molecule has 0 amide bonds. The molecule has 1 saturated carbocycles. The Labute approximate surface area is 117 Å². The highest BCUT2D eigenvalue weighted by Crippen LogP contribution is 2.37. The number of likely N-dealkylation sites (tertiary alicyclic amines) is 1. The van der Waals surface area contributed by atoms with E-state index in [0.29, 0.717) is 0 Å². The quantitative estimate of drug-likeness (QED) is 0.892. The van der Waals surface area contributed by atoms with E-state index in [-0.39, 0.29) is 0 Å². The van der Waals surface area contributed by atoms with Crippen LogP contribution in [-0.4, -0.2) is 24.5 Å². The molecular weight excluding hydrogens is 232 g/mol. The lowest BCUT2D eigenvalue weighted by atomic mass is 9.85. The SMILES string of the molecule is CNCc1ccccc1CN1CCC2CCCCC21. The molecule has 0 bridgehead atoms. The van der Waals surface area contributed by atoms with Crippen LogP contribution in [0.5, 0.6) is 0 Å². The van der Waals surface area contributed by atoms with E-state index in [4.69, 9.17) is 0 Å². The summed E-state index contributed by atoms with van der Waals surface area (Å²) >= 11 is 0. The van der Waals surface area contributed by atoms with Crippen LogP contribution in [0.25, 0.3) is 0 Å². The van der Waals surface area contributed by atoms with Crippen molar-refractivity contribution in [2.24, 2.45) is 5.92 Å². The topological polar surface area (TPSA) is 15.3 Å². The van der Waals surface area contributed by atoms with Crippen molar-refractivity contribution in [3.05, 3.63) is 35.4 Å². The van der Waals surface area contributed by atoms with Gasteiger partial charge in [-0.2, -0.15) is 0 Å². The molecule has 2 unspecified atom stereocenters. The summed E-state index contributed by atoms with van der Waals surface area (Å²) in [6, 6.07) is 9.78. The molecule has 0 aromatic heterocycles. The van der Waals surface area contributed by atoms with Gasteiger partial charge in [0.15, 0.2) is 0 Å². The van der Waals surface area contributed by atoms with Gasteiger partial charge in [0.25, 0.3) is 0 Å². The first-order valence-electron chi connectivity index (χ1n) is 7.84. The van der Waals surface area contributed by atoms with E-state index in [1.165, 1.54) is 49.8 Å². The van der Waals surface area contributed by atoms with E-state index in [9.17, 15) is 0 Å². The molecule has 1 saturated heterocycles. The van der Waals surface area contributed by atoms with Gasteiger partial charge >= 0.3 is 0 Å². The average molecular weight is 258 g/mol. The molecule has 19 heavy (non-hydrogen) atoms. The molecule has 0 spiro atoms. The van der Waals surface area contributed by atoms with Crippen LogP contribution in [0.2, 0.25) is 0 Å². The summed E-state index contributed by atoms with van der Waals surface area (Å²) in [7, 11) is 2.03. The zero-order valence-corrected chi connectivity index (χ0v) is 12.1. The smallest absolute Gasteiger partial charge is 0.0240 e. The average Bonchev–Trinajstić information content (AvgIpc) is 2.85. The minimum atomic E-state index is 0.872. The van der Waals surface area contributed by atoms with Crippen LogP contribution < -0.4 is 5.32 Å². The summed E-state index contributed by atoms with van der Waals surface area (Å²) in [5.41, 5.74) is 2.98. The minimum absolute atomic E-state index is 0.872. The Morgan fingerprint density at radius 2 is 1.89 bits per heavy atom. The van der Waals surface area contributed by atoms with Gasteiger partial charge in [0.1, 0.15) is 0 Å². The van der Waals surface area contributed by atoms with Crippen LogP contribution in [0.1, 0.15) is 43.2 Å². The Morgan fingerprint density at radius 3 is 2.74 bits per heavy atom. The maximum atomic E-state index is 3.29. The first kappa shape index (κ1) is 13.1. The van der Waals surface area contributed by atoms with Crippen molar-refractivity contribution >= 4 is 0 Å². The van der Waals surface area contributed by atoms with Crippen LogP contribution in [-0.2, 0) is 13.1 Å². The van der Waals surface area contributed by atoms with Gasteiger partial charge in [-0.15, -0.1) is 0 Å². The summed E-state index contributed by atoms with van der Waals surface area (Å²) in [5, 5.41) is 3.29. The third kappa shape index (κ3) is 2.85. The third-order valence-electron chi connectivity index (χ3n) is 4.98. The number of nitrogens with zero attached hydrogens (tertiary/aromatic N) is 1. The molecule has 104 valence electrons. The van der Waals surface area contributed by atoms with Gasteiger partial charge in [0.2, 0.25) is 0 Å². The maximum Gasteiger partial charge on any atom is 0.0240 e. The number of rotatable bonds is 4. The fourth-order valence-corrected chi connectivity index (χ4v) is 3.99. The van der Waals surface area contributed by atoms with Crippen LogP contribution >= 0.6 is 0 Å². The predicted molar refractivity (Wildman–Crippen MR) is 80.0 cm³/mol. The van der Waals surface area contributed by atoms with E-state index in [0.717, 1.165) is 25.0 Å². The Kier molecular flexibility index (Phi) is 4.19. The summed E-state index contributed by atoms with van der Waals surface area (Å²) in [5.74, 6) is 0.991. The van der Waals surface area contributed by atoms with Crippen LogP contribution in [0.15, 0.2) is 24.3 Å². The second-order valence-electron chi connectivity index (χ2n) is 6.17. The van der Waals surface area contributed by atoms with E-state index in [1.54, 1.807) is 0 Å². The molecule has 3 rings (SSSR count). The highest BCUT2D eigenvalue weighted by atomic mass is 15.2. The largest absolute Gasteiger partial charge is 0.316 e. The van der Waals surface area contributed by atoms with Gasteiger partial charge in [-0.25, -0.2) is 0 Å². The molecule has 1 aromatic carbocycles. The number of fused-ring (bicyclic) bond motifs is 1. The minimum Gasteiger partial charge on any atom is -0.316 e. The summed E-state index contributed by atoms with van der Waals surface area (Å²) in [6.45, 7) is 3.44. The van der Waals surface area contributed by atoms with Gasteiger partial charge in [-0.05, 0) is 49.9 Å². The fraction of sp³-hybridized carbons (Fsp3) is 0.647. The highest BCUT2D eigenvalue weighted by molar-refractivity contribution is 5.27. The van der Waals surface area contributed by atoms with Gasteiger partial charge in [-0.3, -0.25) is 4.90 Å². The lowest BCUT2D eigenvalue weighted by Crippen LogP contribution is -2.34. The van der Waals surface area contributed by atoms with Crippen LogP contribution in [0, 0.1) is 5.92 Å². The highest BCUT2D eigenvalue weighted by Gasteiger charge is 2.35. The van der Waals surface area contributed by atoms with Crippen molar-refractivity contribution < 1.29 is 0 Å². The Hall–Kier alpha value is -0.860. The molecule has 2 nitrogen and oxygen atoms in total.